The number of benzene rings is 1. The standard InChI is InChI=1S/C13H14Br2N2O2/c14-8-6-9-11(10(15)7-8)16-12(18)13(9,19)17-4-2-1-3-5-17/h6-7,19H,1-5H2,(H,16,18). The second kappa shape index (κ2) is 4.84. The van der Waals surface area contributed by atoms with Gasteiger partial charge in [-0.25, -0.2) is 0 Å². The molecule has 19 heavy (non-hydrogen) atoms. The number of carbonyl (C=O) groups is 1. The zero-order valence-corrected chi connectivity index (χ0v) is 13.4. The number of piperidine rings is 1. The number of anilines is 1. The summed E-state index contributed by atoms with van der Waals surface area (Å²) in [6, 6.07) is 3.67. The highest BCUT2D eigenvalue weighted by molar-refractivity contribution is 9.11. The summed E-state index contributed by atoms with van der Waals surface area (Å²) in [6.07, 6.45) is 3.18. The molecule has 6 heteroatoms. The molecule has 3 rings (SSSR count). The van der Waals surface area contributed by atoms with E-state index in [4.69, 9.17) is 0 Å². The van der Waals surface area contributed by atoms with E-state index in [1.54, 1.807) is 0 Å². The Bertz CT molecular complexity index is 544. The first-order valence-electron chi connectivity index (χ1n) is 6.32. The van der Waals surface area contributed by atoms with Crippen LogP contribution in [0.2, 0.25) is 0 Å². The first-order chi connectivity index (χ1) is 9.03. The lowest BCUT2D eigenvalue weighted by molar-refractivity contribution is -0.161. The highest BCUT2D eigenvalue weighted by Gasteiger charge is 2.50. The van der Waals surface area contributed by atoms with E-state index in [9.17, 15) is 9.90 Å². The fourth-order valence-corrected chi connectivity index (χ4v) is 4.15. The Kier molecular flexibility index (Phi) is 3.45. The summed E-state index contributed by atoms with van der Waals surface area (Å²) in [5, 5.41) is 13.7. The summed E-state index contributed by atoms with van der Waals surface area (Å²) in [5.41, 5.74) is -0.246. The van der Waals surface area contributed by atoms with Gasteiger partial charge in [-0.1, -0.05) is 22.4 Å². The molecule has 1 aromatic rings. The maximum Gasteiger partial charge on any atom is 0.277 e. The van der Waals surface area contributed by atoms with Crippen LogP contribution in [0, 0.1) is 0 Å². The van der Waals surface area contributed by atoms with Gasteiger partial charge in [-0.15, -0.1) is 0 Å². The van der Waals surface area contributed by atoms with Gasteiger partial charge in [0.05, 0.1) is 5.69 Å². The Morgan fingerprint density at radius 2 is 1.89 bits per heavy atom. The third-order valence-electron chi connectivity index (χ3n) is 3.80. The molecule has 0 spiro atoms. The van der Waals surface area contributed by atoms with E-state index in [2.05, 4.69) is 37.2 Å². The van der Waals surface area contributed by atoms with E-state index < -0.39 is 5.72 Å². The lowest BCUT2D eigenvalue weighted by atomic mass is 9.99. The van der Waals surface area contributed by atoms with Gasteiger partial charge in [-0.2, -0.15) is 0 Å². The van der Waals surface area contributed by atoms with Gasteiger partial charge in [0.1, 0.15) is 0 Å². The van der Waals surface area contributed by atoms with Gasteiger partial charge in [-0.05, 0) is 40.9 Å². The molecule has 4 nitrogen and oxygen atoms in total. The number of likely N-dealkylation sites (tertiary alicyclic amines) is 1. The minimum atomic E-state index is -1.54. The first kappa shape index (κ1) is 13.5. The normalized spacial score (nSPS) is 27.2. The summed E-state index contributed by atoms with van der Waals surface area (Å²) in [6.45, 7) is 1.49. The molecule has 0 aromatic heterocycles. The van der Waals surface area contributed by atoms with Gasteiger partial charge >= 0.3 is 0 Å². The SMILES string of the molecule is O=C1Nc2c(Br)cc(Br)cc2C1(O)N1CCCCC1. The molecule has 1 atom stereocenters. The number of halogens is 2. The minimum Gasteiger partial charge on any atom is -0.364 e. The van der Waals surface area contributed by atoms with Crippen LogP contribution in [0.4, 0.5) is 5.69 Å². The molecule has 0 saturated carbocycles. The molecule has 2 heterocycles. The van der Waals surface area contributed by atoms with Crippen LogP contribution in [0.1, 0.15) is 24.8 Å². The summed E-state index contributed by atoms with van der Waals surface area (Å²) in [5.74, 6) is -0.358. The number of hydrogen-bond donors (Lipinski definition) is 2. The number of rotatable bonds is 1. The van der Waals surface area contributed by atoms with Crippen LogP contribution < -0.4 is 5.32 Å². The predicted octanol–water partition coefficient (Wildman–Crippen LogP) is 2.79. The van der Waals surface area contributed by atoms with Gasteiger partial charge in [0.25, 0.3) is 5.91 Å². The fourth-order valence-electron chi connectivity index (χ4n) is 2.83. The number of amides is 1. The molecular formula is C13H14Br2N2O2. The van der Waals surface area contributed by atoms with Gasteiger partial charge in [0, 0.05) is 27.6 Å². The van der Waals surface area contributed by atoms with Crippen LogP contribution in [0.5, 0.6) is 0 Å². The Hall–Kier alpha value is -0.430. The van der Waals surface area contributed by atoms with E-state index in [1.807, 2.05) is 17.0 Å². The van der Waals surface area contributed by atoms with Crippen molar-refractivity contribution in [1.82, 2.24) is 4.90 Å². The quantitative estimate of drug-likeness (QED) is 0.776. The van der Waals surface area contributed by atoms with Crippen molar-refractivity contribution in [2.24, 2.45) is 0 Å². The Balaban J connectivity index is 2.10. The highest BCUT2D eigenvalue weighted by atomic mass is 79.9. The van der Waals surface area contributed by atoms with Crippen LogP contribution in [0.15, 0.2) is 21.1 Å². The van der Waals surface area contributed by atoms with Crippen molar-refractivity contribution < 1.29 is 9.90 Å². The molecule has 2 N–H and O–H groups in total. The molecule has 0 radical (unpaired) electrons. The topological polar surface area (TPSA) is 52.6 Å². The molecule has 0 bridgehead atoms. The molecule has 1 fully saturated rings. The number of hydrogen-bond acceptors (Lipinski definition) is 3. The Morgan fingerprint density at radius 3 is 2.58 bits per heavy atom. The third-order valence-corrected chi connectivity index (χ3v) is 4.88. The van der Waals surface area contributed by atoms with Gasteiger partial charge in [0.15, 0.2) is 0 Å². The monoisotopic (exact) mass is 388 g/mol. The van der Waals surface area contributed by atoms with Crippen molar-refractivity contribution >= 4 is 43.5 Å². The Labute approximate surface area is 128 Å². The average molecular weight is 390 g/mol. The zero-order chi connectivity index (χ0) is 13.6. The number of nitrogens with zero attached hydrogens (tertiary/aromatic N) is 1. The highest BCUT2D eigenvalue weighted by Crippen LogP contribution is 2.44. The van der Waals surface area contributed by atoms with Crippen LogP contribution >= 0.6 is 31.9 Å². The van der Waals surface area contributed by atoms with Gasteiger partial charge in [-0.3, -0.25) is 9.69 Å². The summed E-state index contributed by atoms with van der Waals surface area (Å²) < 4.78 is 1.61. The molecule has 1 saturated heterocycles. The average Bonchev–Trinajstić information content (AvgIpc) is 2.66. The van der Waals surface area contributed by atoms with Crippen molar-refractivity contribution in [1.29, 1.82) is 0 Å². The molecule has 0 aliphatic carbocycles. The molecule has 1 aromatic carbocycles. The zero-order valence-electron chi connectivity index (χ0n) is 10.2. The lowest BCUT2D eigenvalue weighted by Crippen LogP contribution is -2.52. The van der Waals surface area contributed by atoms with Crippen molar-refractivity contribution in [3.8, 4) is 0 Å². The van der Waals surface area contributed by atoms with E-state index in [1.165, 1.54) is 0 Å². The van der Waals surface area contributed by atoms with E-state index in [-0.39, 0.29) is 5.91 Å². The molecule has 2 aliphatic heterocycles. The smallest absolute Gasteiger partial charge is 0.277 e. The number of nitrogens with one attached hydrogen (secondary N) is 1. The maximum atomic E-state index is 12.3. The second-order valence-corrected chi connectivity index (χ2v) is 6.75. The van der Waals surface area contributed by atoms with Crippen LogP contribution in [-0.4, -0.2) is 29.0 Å². The van der Waals surface area contributed by atoms with Crippen molar-refractivity contribution in [2.45, 2.75) is 25.0 Å². The van der Waals surface area contributed by atoms with Crippen molar-refractivity contribution in [3.63, 3.8) is 0 Å². The second-order valence-electron chi connectivity index (χ2n) is 4.98. The Morgan fingerprint density at radius 1 is 1.21 bits per heavy atom. The van der Waals surface area contributed by atoms with Crippen LogP contribution in [0.25, 0.3) is 0 Å². The van der Waals surface area contributed by atoms with E-state index in [0.717, 1.165) is 41.3 Å². The van der Waals surface area contributed by atoms with E-state index >= 15 is 0 Å². The van der Waals surface area contributed by atoms with Gasteiger partial charge < -0.3 is 10.4 Å². The summed E-state index contributed by atoms with van der Waals surface area (Å²) in [7, 11) is 0. The molecule has 1 amide bonds. The molecule has 2 aliphatic rings. The third kappa shape index (κ3) is 2.05. The number of fused-ring (bicyclic) bond motifs is 1. The molecule has 102 valence electrons. The predicted molar refractivity (Wildman–Crippen MR) is 79.8 cm³/mol. The van der Waals surface area contributed by atoms with Crippen molar-refractivity contribution in [3.05, 3.63) is 26.6 Å². The largest absolute Gasteiger partial charge is 0.364 e. The summed E-state index contributed by atoms with van der Waals surface area (Å²) >= 11 is 6.84. The number of carbonyl (C=O) groups excluding carboxylic acids is 1. The molecular weight excluding hydrogens is 376 g/mol. The van der Waals surface area contributed by atoms with Gasteiger partial charge in [0.2, 0.25) is 5.72 Å². The van der Waals surface area contributed by atoms with Crippen molar-refractivity contribution in [2.75, 3.05) is 18.4 Å². The maximum absolute atomic E-state index is 12.3. The fraction of sp³-hybridized carbons (Fsp3) is 0.462. The van der Waals surface area contributed by atoms with Crippen LogP contribution in [0.3, 0.4) is 0 Å². The lowest BCUT2D eigenvalue weighted by Gasteiger charge is -2.37. The summed E-state index contributed by atoms with van der Waals surface area (Å²) in [4.78, 5) is 14.1. The number of aliphatic hydroxyl groups is 1. The minimum absolute atomic E-state index is 0.358. The first-order valence-corrected chi connectivity index (χ1v) is 7.90. The van der Waals surface area contributed by atoms with E-state index in [0.29, 0.717) is 11.3 Å². The van der Waals surface area contributed by atoms with Crippen LogP contribution in [-0.2, 0) is 10.5 Å². The molecule has 1 unspecified atom stereocenters.